The number of carbonyl (C=O) groups excluding carboxylic acids is 1. The summed E-state index contributed by atoms with van der Waals surface area (Å²) in [7, 11) is 3.44. The first-order valence-corrected chi connectivity index (χ1v) is 14.1. The van der Waals surface area contributed by atoms with Gasteiger partial charge in [-0.15, -0.1) is 0 Å². The third kappa shape index (κ3) is 5.11. The van der Waals surface area contributed by atoms with Gasteiger partial charge in [0.25, 0.3) is 0 Å². The van der Waals surface area contributed by atoms with Crippen LogP contribution in [0.1, 0.15) is 55.0 Å². The molecule has 9 heteroatoms. The summed E-state index contributed by atoms with van der Waals surface area (Å²) < 4.78 is 14.9. The van der Waals surface area contributed by atoms with E-state index in [1.54, 1.807) is 30.4 Å². The molecule has 0 bridgehead atoms. The van der Waals surface area contributed by atoms with Crippen molar-refractivity contribution in [3.05, 3.63) is 106 Å². The van der Waals surface area contributed by atoms with Gasteiger partial charge in [0.1, 0.15) is 17.1 Å². The molecule has 6 rings (SSSR count). The summed E-state index contributed by atoms with van der Waals surface area (Å²) in [6, 6.07) is 20.2. The molecule has 2 aromatic carbocycles. The van der Waals surface area contributed by atoms with E-state index >= 15 is 0 Å². The molecule has 0 saturated heterocycles. The van der Waals surface area contributed by atoms with Crippen LogP contribution in [0.15, 0.2) is 83.7 Å². The van der Waals surface area contributed by atoms with Gasteiger partial charge in [-0.3, -0.25) is 14.5 Å². The number of carbonyl (C=O) groups is 1. The molecule has 2 aliphatic rings. The SMILES string of the molecule is CC.COc1cncc2c1C1(O)CCC(c3ccccc3)C1(c1ccc(Br)cc1)O2.Cn1nccc1CNC=O. The van der Waals surface area contributed by atoms with Gasteiger partial charge in [0.05, 0.1) is 37.3 Å². The molecule has 2 aromatic heterocycles. The second kappa shape index (κ2) is 12.7. The lowest BCUT2D eigenvalue weighted by molar-refractivity contribution is -0.109. The Morgan fingerprint density at radius 2 is 1.88 bits per heavy atom. The molecule has 1 aliphatic carbocycles. The quantitative estimate of drug-likeness (QED) is 0.277. The van der Waals surface area contributed by atoms with Crippen LogP contribution < -0.4 is 14.8 Å². The van der Waals surface area contributed by atoms with E-state index in [0.29, 0.717) is 36.4 Å². The van der Waals surface area contributed by atoms with Gasteiger partial charge in [0, 0.05) is 23.6 Å². The van der Waals surface area contributed by atoms with E-state index < -0.39 is 11.2 Å². The number of amides is 1. The van der Waals surface area contributed by atoms with Crippen LogP contribution in [-0.4, -0.2) is 33.4 Å². The maximum Gasteiger partial charge on any atom is 0.207 e. The number of nitrogens with zero attached hydrogens (tertiary/aromatic N) is 3. The molecule has 1 saturated carbocycles. The Kier molecular flexibility index (Phi) is 9.27. The molecule has 0 radical (unpaired) electrons. The van der Waals surface area contributed by atoms with Crippen LogP contribution in [0.4, 0.5) is 0 Å². The Balaban J connectivity index is 0.000000260. The van der Waals surface area contributed by atoms with E-state index in [9.17, 15) is 9.90 Å². The number of methoxy groups -OCH3 is 1. The number of aliphatic hydroxyl groups is 1. The second-order valence-electron chi connectivity index (χ2n) is 9.37. The highest BCUT2D eigenvalue weighted by Gasteiger charge is 2.69. The highest BCUT2D eigenvalue weighted by atomic mass is 79.9. The fourth-order valence-corrected chi connectivity index (χ4v) is 6.00. The Hall–Kier alpha value is -3.69. The van der Waals surface area contributed by atoms with Crippen LogP contribution in [0.3, 0.4) is 0 Å². The van der Waals surface area contributed by atoms with Gasteiger partial charge in [0.15, 0.2) is 5.60 Å². The number of rotatable bonds is 6. The van der Waals surface area contributed by atoms with E-state index in [1.807, 2.05) is 69.4 Å². The summed E-state index contributed by atoms with van der Waals surface area (Å²) in [6.07, 6.45) is 7.08. The molecular weight excluding hydrogens is 572 g/mol. The number of aryl methyl sites for hydroxylation is 1. The number of pyridine rings is 1. The third-order valence-corrected chi connectivity index (χ3v) is 7.97. The first-order valence-electron chi connectivity index (χ1n) is 13.3. The molecule has 8 nitrogen and oxygen atoms in total. The average molecular weight is 608 g/mol. The number of hydrogen-bond donors (Lipinski definition) is 2. The predicted molar refractivity (Wildman–Crippen MR) is 157 cm³/mol. The average Bonchev–Trinajstić information content (AvgIpc) is 3.62. The van der Waals surface area contributed by atoms with E-state index in [-0.39, 0.29) is 5.92 Å². The molecule has 40 heavy (non-hydrogen) atoms. The first kappa shape index (κ1) is 29.3. The van der Waals surface area contributed by atoms with Crippen LogP contribution in [0, 0.1) is 0 Å². The van der Waals surface area contributed by atoms with E-state index in [1.165, 1.54) is 0 Å². The van der Waals surface area contributed by atoms with Crippen molar-refractivity contribution in [3.8, 4) is 11.5 Å². The van der Waals surface area contributed by atoms with Crippen LogP contribution in [0.25, 0.3) is 0 Å². The normalized spacial score (nSPS) is 21.9. The van der Waals surface area contributed by atoms with Gasteiger partial charge >= 0.3 is 0 Å². The largest absolute Gasteiger partial charge is 0.495 e. The van der Waals surface area contributed by atoms with Crippen molar-refractivity contribution >= 4 is 22.3 Å². The van der Waals surface area contributed by atoms with Crippen molar-refractivity contribution in [2.45, 2.75) is 50.4 Å². The zero-order valence-corrected chi connectivity index (χ0v) is 24.8. The summed E-state index contributed by atoms with van der Waals surface area (Å²) in [5, 5.41) is 18.6. The van der Waals surface area contributed by atoms with E-state index in [2.05, 4.69) is 43.5 Å². The van der Waals surface area contributed by atoms with Gasteiger partial charge in [0.2, 0.25) is 6.41 Å². The number of hydrogen-bond acceptors (Lipinski definition) is 6. The Labute approximate surface area is 243 Å². The van der Waals surface area contributed by atoms with Crippen LogP contribution in [-0.2, 0) is 29.6 Å². The number of ether oxygens (including phenoxy) is 2. The monoisotopic (exact) mass is 606 g/mol. The van der Waals surface area contributed by atoms with Gasteiger partial charge in [-0.25, -0.2) is 0 Å². The lowest BCUT2D eigenvalue weighted by atomic mass is 9.72. The first-order chi connectivity index (χ1) is 19.4. The summed E-state index contributed by atoms with van der Waals surface area (Å²) in [5.41, 5.74) is 1.65. The minimum Gasteiger partial charge on any atom is -0.495 e. The van der Waals surface area contributed by atoms with Crippen LogP contribution in [0.5, 0.6) is 11.5 Å². The van der Waals surface area contributed by atoms with Gasteiger partial charge in [-0.1, -0.05) is 72.2 Å². The van der Waals surface area contributed by atoms with Crippen molar-refractivity contribution in [2.24, 2.45) is 7.05 Å². The fourth-order valence-electron chi connectivity index (χ4n) is 5.74. The minimum absolute atomic E-state index is 0.00279. The molecule has 1 amide bonds. The van der Waals surface area contributed by atoms with Crippen molar-refractivity contribution in [2.75, 3.05) is 7.11 Å². The Morgan fingerprint density at radius 1 is 1.15 bits per heavy atom. The second-order valence-corrected chi connectivity index (χ2v) is 10.3. The van der Waals surface area contributed by atoms with E-state index in [0.717, 1.165) is 27.7 Å². The Bertz CT molecular complexity index is 1410. The smallest absolute Gasteiger partial charge is 0.207 e. The van der Waals surface area contributed by atoms with Crippen LogP contribution >= 0.6 is 15.9 Å². The van der Waals surface area contributed by atoms with Gasteiger partial charge < -0.3 is 19.9 Å². The van der Waals surface area contributed by atoms with Crippen molar-refractivity contribution in [3.63, 3.8) is 0 Å². The molecule has 210 valence electrons. The van der Waals surface area contributed by atoms with Crippen LogP contribution in [0.2, 0.25) is 0 Å². The molecule has 1 aliphatic heterocycles. The molecule has 4 aromatic rings. The van der Waals surface area contributed by atoms with Crippen molar-refractivity contribution < 1.29 is 19.4 Å². The van der Waals surface area contributed by atoms with Crippen molar-refractivity contribution in [1.82, 2.24) is 20.1 Å². The number of benzene rings is 2. The van der Waals surface area contributed by atoms with Gasteiger partial charge in [-0.2, -0.15) is 5.10 Å². The summed E-state index contributed by atoms with van der Waals surface area (Å²) in [5.74, 6) is 1.15. The topological polar surface area (TPSA) is 98.5 Å². The molecule has 1 fully saturated rings. The predicted octanol–water partition coefficient (Wildman–Crippen LogP) is 5.60. The summed E-state index contributed by atoms with van der Waals surface area (Å²) in [6.45, 7) is 4.54. The zero-order chi connectivity index (χ0) is 28.8. The fraction of sp³-hybridized carbons (Fsp3) is 0.323. The molecule has 3 heterocycles. The van der Waals surface area contributed by atoms with Crippen molar-refractivity contribution in [1.29, 1.82) is 0 Å². The summed E-state index contributed by atoms with van der Waals surface area (Å²) >= 11 is 3.52. The number of nitrogens with one attached hydrogen (secondary N) is 1. The maximum atomic E-state index is 12.2. The Morgan fingerprint density at radius 3 is 2.50 bits per heavy atom. The number of halogens is 1. The molecule has 3 unspecified atom stereocenters. The maximum absolute atomic E-state index is 12.2. The molecule has 2 N–H and O–H groups in total. The number of fused-ring (bicyclic) bond motifs is 3. The highest BCUT2D eigenvalue weighted by molar-refractivity contribution is 9.10. The lowest BCUT2D eigenvalue weighted by Crippen LogP contribution is -2.48. The summed E-state index contributed by atoms with van der Waals surface area (Å²) in [4.78, 5) is 14.1. The third-order valence-electron chi connectivity index (χ3n) is 7.44. The highest BCUT2D eigenvalue weighted by Crippen LogP contribution is 2.67. The standard InChI is InChI=1S/C23H20BrNO3.C6H9N3O.C2H6/c1-27-19-13-25-14-20-21(19)22(26)12-11-18(15-5-3-2-4-6-15)23(22,28-20)16-7-9-17(24)10-8-16;1-9-6(2-3-8-9)4-7-5-10;1-2/h2-10,13-14,18,26H,11-12H2,1H3;2-3,5H,4H2,1H3,(H,7,10);1-2H3. The minimum atomic E-state index is -1.20. The lowest BCUT2D eigenvalue weighted by Gasteiger charge is -2.40. The molecular formula is C31H35BrN4O4. The number of aromatic nitrogens is 3. The van der Waals surface area contributed by atoms with E-state index in [4.69, 9.17) is 9.47 Å². The molecule has 3 atom stereocenters. The zero-order valence-electron chi connectivity index (χ0n) is 23.2. The van der Waals surface area contributed by atoms with Gasteiger partial charge in [-0.05, 0) is 42.2 Å². The molecule has 0 spiro atoms.